The third-order valence-electron chi connectivity index (χ3n) is 2.97. The first-order valence-corrected chi connectivity index (χ1v) is 7.41. The van der Waals surface area contributed by atoms with Crippen LogP contribution >= 0.6 is 11.8 Å². The van der Waals surface area contributed by atoms with Gasteiger partial charge in [-0.25, -0.2) is 0 Å². The highest BCUT2D eigenvalue weighted by atomic mass is 32.2. The van der Waals surface area contributed by atoms with E-state index in [1.54, 1.807) is 11.8 Å². The minimum absolute atomic E-state index is 0.185. The van der Waals surface area contributed by atoms with E-state index in [1.807, 2.05) is 25.7 Å². The first-order valence-electron chi connectivity index (χ1n) is 6.25. The number of hydrogen-bond acceptors (Lipinski definition) is 6. The van der Waals surface area contributed by atoms with Crippen molar-refractivity contribution in [2.24, 2.45) is 0 Å². The Hall–Kier alpha value is -1.08. The molecule has 1 unspecified atom stereocenters. The average Bonchev–Trinajstić information content (AvgIpc) is 2.77. The lowest BCUT2D eigenvalue weighted by molar-refractivity contribution is -0.142. The number of carboxylic acids is 1. The van der Waals surface area contributed by atoms with Crippen molar-refractivity contribution in [2.75, 3.05) is 18.1 Å². The van der Waals surface area contributed by atoms with Gasteiger partial charge in [0.1, 0.15) is 6.04 Å². The van der Waals surface area contributed by atoms with E-state index < -0.39 is 12.0 Å². The molecule has 0 saturated carbocycles. The van der Waals surface area contributed by atoms with Crippen LogP contribution in [0.5, 0.6) is 0 Å². The summed E-state index contributed by atoms with van der Waals surface area (Å²) in [6.07, 6.45) is 0. The fraction of sp³-hybridized carbons (Fsp3) is 0.750. The number of aromatic nitrogens is 2. The van der Waals surface area contributed by atoms with Crippen LogP contribution in [0.2, 0.25) is 0 Å². The maximum atomic E-state index is 11.2. The van der Waals surface area contributed by atoms with Crippen LogP contribution in [0.25, 0.3) is 0 Å². The van der Waals surface area contributed by atoms with Gasteiger partial charge < -0.3 is 9.52 Å². The molecule has 0 bridgehead atoms. The monoisotopic (exact) mass is 285 g/mol. The quantitative estimate of drug-likeness (QED) is 0.898. The summed E-state index contributed by atoms with van der Waals surface area (Å²) in [6.45, 7) is 7.14. The highest BCUT2D eigenvalue weighted by Gasteiger charge is 2.30. The number of aliphatic carboxylic acids is 1. The molecule has 0 radical (unpaired) electrons. The van der Waals surface area contributed by atoms with Crippen molar-refractivity contribution in [3.8, 4) is 0 Å². The largest absolute Gasteiger partial charge is 0.480 e. The van der Waals surface area contributed by atoms with Gasteiger partial charge in [-0.1, -0.05) is 20.8 Å². The molecule has 1 aromatic heterocycles. The van der Waals surface area contributed by atoms with Crippen molar-refractivity contribution in [3.05, 3.63) is 11.8 Å². The lowest BCUT2D eigenvalue weighted by Crippen LogP contribution is -2.46. The Labute approximate surface area is 116 Å². The van der Waals surface area contributed by atoms with E-state index in [4.69, 9.17) is 4.42 Å². The van der Waals surface area contributed by atoms with Crippen LogP contribution in [-0.4, -0.2) is 50.3 Å². The van der Waals surface area contributed by atoms with E-state index in [-0.39, 0.29) is 5.41 Å². The molecule has 0 aliphatic carbocycles. The number of thioether (sulfide) groups is 1. The van der Waals surface area contributed by atoms with Crippen molar-refractivity contribution in [2.45, 2.75) is 38.8 Å². The molecule has 106 valence electrons. The zero-order chi connectivity index (χ0) is 14.0. The Balaban J connectivity index is 2.07. The molecule has 2 rings (SSSR count). The number of hydrogen-bond donors (Lipinski definition) is 1. The molecule has 1 aromatic rings. The third-order valence-corrected chi connectivity index (χ3v) is 3.99. The Morgan fingerprint density at radius 2 is 2.26 bits per heavy atom. The smallest absolute Gasteiger partial charge is 0.321 e. The number of carbonyl (C=O) groups is 1. The predicted octanol–water partition coefficient (Wildman–Crippen LogP) is 1.37. The Kier molecular flexibility index (Phi) is 4.15. The Morgan fingerprint density at radius 3 is 2.84 bits per heavy atom. The van der Waals surface area contributed by atoms with E-state index in [2.05, 4.69) is 10.2 Å². The van der Waals surface area contributed by atoms with Gasteiger partial charge in [-0.3, -0.25) is 9.69 Å². The minimum atomic E-state index is -0.789. The topological polar surface area (TPSA) is 79.5 Å². The zero-order valence-corrected chi connectivity index (χ0v) is 12.2. The maximum absolute atomic E-state index is 11.2. The molecule has 0 amide bonds. The van der Waals surface area contributed by atoms with Crippen molar-refractivity contribution in [3.63, 3.8) is 0 Å². The molecule has 19 heavy (non-hydrogen) atoms. The van der Waals surface area contributed by atoms with Gasteiger partial charge in [0.05, 0.1) is 6.54 Å². The Bertz CT molecular complexity index is 455. The van der Waals surface area contributed by atoms with Crippen LogP contribution in [0, 0.1) is 0 Å². The summed E-state index contributed by atoms with van der Waals surface area (Å²) < 4.78 is 5.62. The van der Waals surface area contributed by atoms with Crippen molar-refractivity contribution >= 4 is 17.7 Å². The molecule has 1 aliphatic heterocycles. The van der Waals surface area contributed by atoms with Gasteiger partial charge >= 0.3 is 5.97 Å². The fourth-order valence-electron chi connectivity index (χ4n) is 1.85. The fourth-order valence-corrected chi connectivity index (χ4v) is 2.96. The molecular formula is C12H19N3O3S. The molecule has 1 atom stereocenters. The first-order chi connectivity index (χ1) is 8.88. The SMILES string of the molecule is CC(C)(C)c1nnc(CN2CCSCC2C(=O)O)o1. The van der Waals surface area contributed by atoms with Crippen LogP contribution < -0.4 is 0 Å². The molecule has 1 saturated heterocycles. The third kappa shape index (κ3) is 3.48. The van der Waals surface area contributed by atoms with Gasteiger partial charge in [0.2, 0.25) is 11.8 Å². The maximum Gasteiger partial charge on any atom is 0.321 e. The number of carboxylic acid groups (broad SMARTS) is 1. The molecule has 1 aliphatic rings. The summed E-state index contributed by atoms with van der Waals surface area (Å²) >= 11 is 1.67. The van der Waals surface area contributed by atoms with Crippen molar-refractivity contribution in [1.82, 2.24) is 15.1 Å². The summed E-state index contributed by atoms with van der Waals surface area (Å²) in [4.78, 5) is 13.1. The van der Waals surface area contributed by atoms with Crippen LogP contribution in [0.15, 0.2) is 4.42 Å². The summed E-state index contributed by atoms with van der Waals surface area (Å²) in [5, 5.41) is 17.2. The van der Waals surface area contributed by atoms with Gasteiger partial charge in [0, 0.05) is 23.5 Å². The molecular weight excluding hydrogens is 266 g/mol. The van der Waals surface area contributed by atoms with Crippen LogP contribution in [-0.2, 0) is 16.8 Å². The summed E-state index contributed by atoms with van der Waals surface area (Å²) in [7, 11) is 0. The predicted molar refractivity (Wildman–Crippen MR) is 72.2 cm³/mol. The second-order valence-corrected chi connectivity index (χ2v) is 6.80. The second kappa shape index (κ2) is 5.50. The van der Waals surface area contributed by atoms with E-state index in [0.717, 1.165) is 12.3 Å². The van der Waals surface area contributed by atoms with E-state index in [1.165, 1.54) is 0 Å². The normalized spacial score (nSPS) is 21.5. The number of rotatable bonds is 3. The van der Waals surface area contributed by atoms with Gasteiger partial charge in [-0.2, -0.15) is 11.8 Å². The van der Waals surface area contributed by atoms with Crippen LogP contribution in [0.3, 0.4) is 0 Å². The van der Waals surface area contributed by atoms with E-state index in [9.17, 15) is 9.90 Å². The van der Waals surface area contributed by atoms with E-state index in [0.29, 0.717) is 24.1 Å². The molecule has 2 heterocycles. The first kappa shape index (κ1) is 14.3. The summed E-state index contributed by atoms with van der Waals surface area (Å²) in [6, 6.07) is -0.469. The molecule has 0 spiro atoms. The molecule has 7 heteroatoms. The zero-order valence-electron chi connectivity index (χ0n) is 11.4. The van der Waals surface area contributed by atoms with E-state index >= 15 is 0 Å². The second-order valence-electron chi connectivity index (χ2n) is 5.65. The molecule has 1 fully saturated rings. The van der Waals surface area contributed by atoms with Gasteiger partial charge in [-0.05, 0) is 0 Å². The minimum Gasteiger partial charge on any atom is -0.480 e. The average molecular weight is 285 g/mol. The van der Waals surface area contributed by atoms with Gasteiger partial charge in [0.25, 0.3) is 0 Å². The van der Waals surface area contributed by atoms with Crippen molar-refractivity contribution < 1.29 is 14.3 Å². The summed E-state index contributed by atoms with van der Waals surface area (Å²) in [5.74, 6) is 1.83. The molecule has 0 aromatic carbocycles. The molecule has 1 N–H and O–H groups in total. The molecule has 6 nitrogen and oxygen atoms in total. The lowest BCUT2D eigenvalue weighted by atomic mass is 9.97. The lowest BCUT2D eigenvalue weighted by Gasteiger charge is -2.31. The van der Waals surface area contributed by atoms with Gasteiger partial charge in [0.15, 0.2) is 0 Å². The van der Waals surface area contributed by atoms with Gasteiger partial charge in [-0.15, -0.1) is 10.2 Å². The summed E-state index contributed by atoms with van der Waals surface area (Å²) in [5.41, 5.74) is -0.185. The highest BCUT2D eigenvalue weighted by molar-refractivity contribution is 7.99. The number of nitrogens with zero attached hydrogens (tertiary/aromatic N) is 3. The van der Waals surface area contributed by atoms with Crippen LogP contribution in [0.4, 0.5) is 0 Å². The standard InChI is InChI=1S/C12H19N3O3S/c1-12(2,3)11-14-13-9(18-11)6-15-4-5-19-7-8(15)10(16)17/h8H,4-7H2,1-3H3,(H,16,17). The highest BCUT2D eigenvalue weighted by Crippen LogP contribution is 2.22. The Morgan fingerprint density at radius 1 is 1.53 bits per heavy atom. The van der Waals surface area contributed by atoms with Crippen molar-refractivity contribution in [1.29, 1.82) is 0 Å². The van der Waals surface area contributed by atoms with Crippen LogP contribution in [0.1, 0.15) is 32.6 Å².